The van der Waals surface area contributed by atoms with E-state index in [1.807, 2.05) is 0 Å². The van der Waals surface area contributed by atoms with Gasteiger partial charge in [-0.2, -0.15) is 0 Å². The molecule has 0 saturated carbocycles. The second-order valence-corrected chi connectivity index (χ2v) is 5.91. The number of nitrogens with one attached hydrogen (secondary N) is 1. The molecule has 0 aliphatic heterocycles. The summed E-state index contributed by atoms with van der Waals surface area (Å²) in [5.41, 5.74) is -0.746. The molecule has 3 aromatic carbocycles. The number of para-hydroxylation sites is 1. The highest BCUT2D eigenvalue weighted by Gasteiger charge is 2.23. The molecule has 9 nitrogen and oxygen atoms in total. The van der Waals surface area contributed by atoms with Gasteiger partial charge in [-0.25, -0.2) is 0 Å². The smallest absolute Gasteiger partial charge is 0.282 e. The molecular weight excluding hydrogens is 378 g/mol. The molecule has 0 heterocycles. The number of benzene rings is 3. The van der Waals surface area contributed by atoms with Gasteiger partial charge < -0.3 is 5.32 Å². The van der Waals surface area contributed by atoms with E-state index in [2.05, 4.69) is 5.32 Å². The summed E-state index contributed by atoms with van der Waals surface area (Å²) in [6, 6.07) is 16.8. The number of non-ortho nitro benzene ring substituents is 1. The number of nitrogens with zero attached hydrogens (tertiary/aromatic N) is 2. The molecule has 1 N–H and O–H groups in total. The van der Waals surface area contributed by atoms with Gasteiger partial charge >= 0.3 is 0 Å². The van der Waals surface area contributed by atoms with Crippen molar-refractivity contribution < 1.29 is 19.4 Å². The van der Waals surface area contributed by atoms with Crippen LogP contribution in [-0.2, 0) is 0 Å². The van der Waals surface area contributed by atoms with Crippen LogP contribution in [0.4, 0.5) is 17.1 Å². The van der Waals surface area contributed by atoms with Gasteiger partial charge in [0.2, 0.25) is 0 Å². The number of rotatable bonds is 6. The number of hydrogen-bond donors (Lipinski definition) is 1. The summed E-state index contributed by atoms with van der Waals surface area (Å²) >= 11 is 0. The van der Waals surface area contributed by atoms with Gasteiger partial charge in [0, 0.05) is 23.8 Å². The van der Waals surface area contributed by atoms with Crippen LogP contribution in [0.1, 0.15) is 26.3 Å². The van der Waals surface area contributed by atoms with E-state index in [0.29, 0.717) is 0 Å². The van der Waals surface area contributed by atoms with Crippen LogP contribution >= 0.6 is 0 Å². The van der Waals surface area contributed by atoms with Crippen molar-refractivity contribution in [2.75, 3.05) is 5.32 Å². The van der Waals surface area contributed by atoms with Crippen LogP contribution < -0.4 is 5.32 Å². The molecule has 144 valence electrons. The molecule has 0 spiro atoms. The number of carbonyl (C=O) groups excluding carboxylic acids is 2. The third kappa shape index (κ3) is 4.14. The summed E-state index contributed by atoms with van der Waals surface area (Å²) in [4.78, 5) is 46.4. The van der Waals surface area contributed by atoms with Crippen molar-refractivity contribution >= 4 is 28.8 Å². The van der Waals surface area contributed by atoms with Crippen LogP contribution in [0.5, 0.6) is 0 Å². The van der Waals surface area contributed by atoms with Crippen LogP contribution in [0, 0.1) is 20.2 Å². The minimum absolute atomic E-state index is 0.00704. The summed E-state index contributed by atoms with van der Waals surface area (Å²) < 4.78 is 0. The zero-order valence-electron chi connectivity index (χ0n) is 14.8. The number of anilines is 1. The average molecular weight is 391 g/mol. The normalized spacial score (nSPS) is 10.2. The first kappa shape index (κ1) is 19.4. The van der Waals surface area contributed by atoms with Crippen LogP contribution in [0.15, 0.2) is 72.8 Å². The second kappa shape index (κ2) is 8.09. The van der Waals surface area contributed by atoms with E-state index in [1.54, 1.807) is 18.2 Å². The molecule has 3 rings (SSSR count). The van der Waals surface area contributed by atoms with Gasteiger partial charge in [-0.1, -0.05) is 42.5 Å². The highest BCUT2D eigenvalue weighted by Crippen LogP contribution is 2.26. The minimum atomic E-state index is -0.812. The van der Waals surface area contributed by atoms with Crippen molar-refractivity contribution in [1.29, 1.82) is 0 Å². The molecule has 0 aliphatic rings. The Hall–Kier alpha value is -4.40. The Labute approximate surface area is 163 Å². The van der Waals surface area contributed by atoms with E-state index < -0.39 is 27.2 Å². The van der Waals surface area contributed by atoms with Crippen LogP contribution in [0.3, 0.4) is 0 Å². The molecule has 0 unspecified atom stereocenters. The lowest BCUT2D eigenvalue weighted by Crippen LogP contribution is -2.16. The first-order valence-corrected chi connectivity index (χ1v) is 8.31. The van der Waals surface area contributed by atoms with Gasteiger partial charge in [0.1, 0.15) is 5.56 Å². The Morgan fingerprint density at radius 2 is 1.41 bits per heavy atom. The maximum absolute atomic E-state index is 12.9. The monoisotopic (exact) mass is 391 g/mol. The lowest BCUT2D eigenvalue weighted by atomic mass is 10.0. The molecule has 0 radical (unpaired) electrons. The molecule has 0 aliphatic carbocycles. The first-order valence-electron chi connectivity index (χ1n) is 8.31. The number of ketones is 1. The Balaban J connectivity index is 2.03. The Morgan fingerprint density at radius 1 is 0.759 bits per heavy atom. The molecule has 0 aromatic heterocycles. The average Bonchev–Trinajstić information content (AvgIpc) is 2.73. The molecule has 0 fully saturated rings. The van der Waals surface area contributed by atoms with Crippen molar-refractivity contribution in [3.05, 3.63) is 110 Å². The molecule has 0 saturated heterocycles. The summed E-state index contributed by atoms with van der Waals surface area (Å²) in [7, 11) is 0. The van der Waals surface area contributed by atoms with Crippen molar-refractivity contribution in [1.82, 2.24) is 0 Å². The fraction of sp³-hybridized carbons (Fsp3) is 0. The van der Waals surface area contributed by atoms with Crippen molar-refractivity contribution in [3.63, 3.8) is 0 Å². The zero-order valence-corrected chi connectivity index (χ0v) is 14.8. The standard InChI is InChI=1S/C20H13N3O6/c24-19(13-6-2-1-3-7-13)16-12-14(22(26)27)10-11-17(16)21-20(25)15-8-4-5-9-18(15)23(28)29/h1-12H,(H,21,25). The summed E-state index contributed by atoms with van der Waals surface area (Å²) in [5.74, 6) is -1.35. The SMILES string of the molecule is O=C(c1ccccc1)c1cc([N+](=O)[O-])ccc1NC(=O)c1ccccc1[N+](=O)[O-]. The Morgan fingerprint density at radius 3 is 2.07 bits per heavy atom. The molecule has 9 heteroatoms. The predicted molar refractivity (Wildman–Crippen MR) is 104 cm³/mol. The number of nitro groups is 2. The molecule has 3 aromatic rings. The largest absolute Gasteiger partial charge is 0.321 e. The van der Waals surface area contributed by atoms with E-state index in [0.717, 1.165) is 12.1 Å². The quantitative estimate of drug-likeness (QED) is 0.384. The van der Waals surface area contributed by atoms with Crippen molar-refractivity contribution in [2.24, 2.45) is 0 Å². The highest BCUT2D eigenvalue weighted by molar-refractivity contribution is 6.16. The number of amides is 1. The van der Waals surface area contributed by atoms with E-state index >= 15 is 0 Å². The van der Waals surface area contributed by atoms with Crippen molar-refractivity contribution in [3.8, 4) is 0 Å². The topological polar surface area (TPSA) is 132 Å². The second-order valence-electron chi connectivity index (χ2n) is 5.91. The van der Waals surface area contributed by atoms with Gasteiger partial charge in [0.15, 0.2) is 5.78 Å². The van der Waals surface area contributed by atoms with E-state index in [9.17, 15) is 29.8 Å². The summed E-state index contributed by atoms with van der Waals surface area (Å²) in [6.07, 6.45) is 0. The van der Waals surface area contributed by atoms with E-state index in [1.165, 1.54) is 42.5 Å². The molecule has 0 bridgehead atoms. The number of carbonyl (C=O) groups is 2. The lowest BCUT2D eigenvalue weighted by Gasteiger charge is -2.11. The predicted octanol–water partition coefficient (Wildman–Crippen LogP) is 3.99. The highest BCUT2D eigenvalue weighted by atomic mass is 16.6. The molecule has 29 heavy (non-hydrogen) atoms. The fourth-order valence-corrected chi connectivity index (χ4v) is 2.70. The van der Waals surface area contributed by atoms with Crippen LogP contribution in [0.2, 0.25) is 0 Å². The lowest BCUT2D eigenvalue weighted by molar-refractivity contribution is -0.385. The first-order chi connectivity index (χ1) is 13.9. The number of nitro benzene ring substituents is 2. The summed E-state index contributed by atoms with van der Waals surface area (Å²) in [6.45, 7) is 0. The van der Waals surface area contributed by atoms with Gasteiger partial charge in [0.25, 0.3) is 17.3 Å². The maximum atomic E-state index is 12.9. The zero-order chi connectivity index (χ0) is 21.0. The van der Waals surface area contributed by atoms with Gasteiger partial charge in [0.05, 0.1) is 21.1 Å². The van der Waals surface area contributed by atoms with Crippen molar-refractivity contribution in [2.45, 2.75) is 0 Å². The minimum Gasteiger partial charge on any atom is -0.321 e. The summed E-state index contributed by atoms with van der Waals surface area (Å²) in [5, 5.41) is 24.7. The molecular formula is C20H13N3O6. The Kier molecular flexibility index (Phi) is 5.40. The molecule has 1 amide bonds. The molecule has 0 atom stereocenters. The van der Waals surface area contributed by atoms with E-state index in [-0.39, 0.29) is 28.1 Å². The fourth-order valence-electron chi connectivity index (χ4n) is 2.70. The Bertz CT molecular complexity index is 1130. The van der Waals surface area contributed by atoms with E-state index in [4.69, 9.17) is 0 Å². The van der Waals surface area contributed by atoms with Crippen LogP contribution in [0.25, 0.3) is 0 Å². The third-order valence-corrected chi connectivity index (χ3v) is 4.09. The van der Waals surface area contributed by atoms with Gasteiger partial charge in [-0.15, -0.1) is 0 Å². The third-order valence-electron chi connectivity index (χ3n) is 4.09. The van der Waals surface area contributed by atoms with Gasteiger partial charge in [-0.3, -0.25) is 29.8 Å². The van der Waals surface area contributed by atoms with Crippen LogP contribution in [-0.4, -0.2) is 21.5 Å². The van der Waals surface area contributed by atoms with Gasteiger partial charge in [-0.05, 0) is 12.1 Å². The maximum Gasteiger partial charge on any atom is 0.282 e. The number of hydrogen-bond acceptors (Lipinski definition) is 6.